The number of rotatable bonds is 6. The molecule has 0 fully saturated rings. The van der Waals surface area contributed by atoms with E-state index in [-0.39, 0.29) is 12.3 Å². The summed E-state index contributed by atoms with van der Waals surface area (Å²) in [5.41, 5.74) is 5.91. The highest BCUT2D eigenvalue weighted by atomic mass is 16.5. The number of primary amides is 1. The lowest BCUT2D eigenvalue weighted by Gasteiger charge is -2.10. The highest BCUT2D eigenvalue weighted by molar-refractivity contribution is 5.76. The van der Waals surface area contributed by atoms with Gasteiger partial charge in [-0.3, -0.25) is 4.79 Å². The fourth-order valence-corrected chi connectivity index (χ4v) is 1.29. The van der Waals surface area contributed by atoms with Gasteiger partial charge in [-0.1, -0.05) is 18.7 Å². The summed E-state index contributed by atoms with van der Waals surface area (Å²) >= 11 is 0. The molecule has 0 saturated heterocycles. The number of nitrogens with two attached hydrogens (primary N) is 1. The number of benzene rings is 1. The Bertz CT molecular complexity index is 388. The van der Waals surface area contributed by atoms with Gasteiger partial charge in [-0.2, -0.15) is 0 Å². The molecule has 0 aliphatic heterocycles. The van der Waals surface area contributed by atoms with E-state index in [1.807, 2.05) is 0 Å². The van der Waals surface area contributed by atoms with Crippen molar-refractivity contribution in [1.29, 1.82) is 0 Å². The van der Waals surface area contributed by atoms with Crippen LogP contribution in [-0.4, -0.2) is 19.6 Å². The van der Waals surface area contributed by atoms with Gasteiger partial charge in [0, 0.05) is 0 Å². The van der Waals surface area contributed by atoms with E-state index in [4.69, 9.17) is 15.2 Å². The molecular formula is C12H15NO3. The molecule has 4 nitrogen and oxygen atoms in total. The van der Waals surface area contributed by atoms with E-state index in [1.165, 1.54) is 0 Å². The van der Waals surface area contributed by atoms with E-state index in [0.717, 1.165) is 5.56 Å². The van der Waals surface area contributed by atoms with Crippen LogP contribution < -0.4 is 15.2 Å². The zero-order valence-corrected chi connectivity index (χ0v) is 9.23. The molecule has 0 aliphatic rings. The normalized spacial score (nSPS) is 9.56. The molecule has 1 rings (SSSR count). The predicted octanol–water partition coefficient (Wildman–Crippen LogP) is 1.29. The van der Waals surface area contributed by atoms with E-state index in [1.54, 1.807) is 31.4 Å². The molecule has 86 valence electrons. The molecule has 0 radical (unpaired) electrons. The maximum Gasteiger partial charge on any atom is 0.221 e. The Balaban J connectivity index is 2.87. The highest BCUT2D eigenvalue weighted by Crippen LogP contribution is 2.28. The van der Waals surface area contributed by atoms with Crippen molar-refractivity contribution in [3.63, 3.8) is 0 Å². The minimum Gasteiger partial charge on any atom is -0.493 e. The van der Waals surface area contributed by atoms with Crippen LogP contribution in [0.5, 0.6) is 11.5 Å². The number of carbonyl (C=O) groups is 1. The van der Waals surface area contributed by atoms with Crippen molar-refractivity contribution in [3.05, 3.63) is 36.4 Å². The first-order chi connectivity index (χ1) is 7.67. The summed E-state index contributed by atoms with van der Waals surface area (Å²) in [5, 5.41) is 0. The van der Waals surface area contributed by atoms with Crippen LogP contribution in [0.15, 0.2) is 30.9 Å². The van der Waals surface area contributed by atoms with Gasteiger partial charge < -0.3 is 15.2 Å². The SMILES string of the molecule is C=CCOc1ccc(CC(N)=O)cc1OC. The topological polar surface area (TPSA) is 61.5 Å². The molecule has 0 aromatic heterocycles. The summed E-state index contributed by atoms with van der Waals surface area (Å²) in [7, 11) is 1.55. The summed E-state index contributed by atoms with van der Waals surface area (Å²) in [5.74, 6) is 0.832. The average molecular weight is 221 g/mol. The Kier molecular flexibility index (Phi) is 4.39. The second-order valence-corrected chi connectivity index (χ2v) is 3.23. The third-order valence-corrected chi connectivity index (χ3v) is 1.96. The number of amides is 1. The van der Waals surface area contributed by atoms with Crippen molar-refractivity contribution in [1.82, 2.24) is 0 Å². The first-order valence-electron chi connectivity index (χ1n) is 4.86. The Labute approximate surface area is 94.7 Å². The van der Waals surface area contributed by atoms with Crippen LogP contribution in [0.4, 0.5) is 0 Å². The van der Waals surface area contributed by atoms with Gasteiger partial charge in [0.15, 0.2) is 11.5 Å². The molecule has 0 aliphatic carbocycles. The first kappa shape index (κ1) is 12.1. The summed E-state index contributed by atoms with van der Waals surface area (Å²) < 4.78 is 10.5. The van der Waals surface area contributed by atoms with Gasteiger partial charge in [0.05, 0.1) is 13.5 Å². The van der Waals surface area contributed by atoms with Crippen LogP contribution in [0.25, 0.3) is 0 Å². The smallest absolute Gasteiger partial charge is 0.221 e. The van der Waals surface area contributed by atoms with Gasteiger partial charge in [0.25, 0.3) is 0 Å². The second-order valence-electron chi connectivity index (χ2n) is 3.23. The molecule has 1 aromatic carbocycles. The predicted molar refractivity (Wildman–Crippen MR) is 61.6 cm³/mol. The van der Waals surface area contributed by atoms with Crippen LogP contribution in [0.3, 0.4) is 0 Å². The molecule has 0 heterocycles. The molecule has 1 amide bonds. The van der Waals surface area contributed by atoms with Crippen molar-refractivity contribution < 1.29 is 14.3 Å². The van der Waals surface area contributed by atoms with E-state index >= 15 is 0 Å². The molecule has 1 aromatic rings. The molecule has 0 atom stereocenters. The van der Waals surface area contributed by atoms with Gasteiger partial charge in [0.2, 0.25) is 5.91 Å². The molecule has 4 heteroatoms. The van der Waals surface area contributed by atoms with Crippen molar-refractivity contribution in [2.45, 2.75) is 6.42 Å². The monoisotopic (exact) mass is 221 g/mol. The number of hydrogen-bond donors (Lipinski definition) is 1. The molecule has 0 saturated carbocycles. The fraction of sp³-hybridized carbons (Fsp3) is 0.250. The number of hydrogen-bond acceptors (Lipinski definition) is 3. The Morgan fingerprint density at radius 1 is 1.50 bits per heavy atom. The Hall–Kier alpha value is -1.97. The highest BCUT2D eigenvalue weighted by Gasteiger charge is 2.06. The molecule has 16 heavy (non-hydrogen) atoms. The maximum absolute atomic E-state index is 10.8. The van der Waals surface area contributed by atoms with Crippen LogP contribution in [0, 0.1) is 0 Å². The Morgan fingerprint density at radius 3 is 2.81 bits per heavy atom. The summed E-state index contributed by atoms with van der Waals surface area (Å²) in [6, 6.07) is 5.27. The van der Waals surface area contributed by atoms with Crippen LogP contribution in [0.2, 0.25) is 0 Å². The zero-order valence-electron chi connectivity index (χ0n) is 9.23. The largest absolute Gasteiger partial charge is 0.493 e. The molecule has 2 N–H and O–H groups in total. The zero-order chi connectivity index (χ0) is 12.0. The third kappa shape index (κ3) is 3.31. The lowest BCUT2D eigenvalue weighted by atomic mass is 10.1. The summed E-state index contributed by atoms with van der Waals surface area (Å²) in [4.78, 5) is 10.8. The van der Waals surface area contributed by atoms with E-state index < -0.39 is 0 Å². The van der Waals surface area contributed by atoms with Crippen LogP contribution >= 0.6 is 0 Å². The fourth-order valence-electron chi connectivity index (χ4n) is 1.29. The number of carbonyl (C=O) groups excluding carboxylic acids is 1. The second kappa shape index (κ2) is 5.80. The quantitative estimate of drug-likeness (QED) is 0.736. The standard InChI is InChI=1S/C12H15NO3/c1-3-6-16-10-5-4-9(8-12(13)14)7-11(10)15-2/h3-5,7H,1,6,8H2,2H3,(H2,13,14). The van der Waals surface area contributed by atoms with Gasteiger partial charge in [-0.25, -0.2) is 0 Å². The molecule has 0 unspecified atom stereocenters. The number of ether oxygens (including phenoxy) is 2. The lowest BCUT2D eigenvalue weighted by molar-refractivity contribution is -0.117. The number of methoxy groups -OCH3 is 1. The van der Waals surface area contributed by atoms with Gasteiger partial charge in [-0.05, 0) is 17.7 Å². The molecular weight excluding hydrogens is 206 g/mol. The molecule has 0 spiro atoms. The van der Waals surface area contributed by atoms with Crippen molar-refractivity contribution >= 4 is 5.91 Å². The van der Waals surface area contributed by atoms with Gasteiger partial charge in [0.1, 0.15) is 6.61 Å². The maximum atomic E-state index is 10.8. The van der Waals surface area contributed by atoms with E-state index in [0.29, 0.717) is 18.1 Å². The summed E-state index contributed by atoms with van der Waals surface area (Å²) in [6.07, 6.45) is 1.84. The minimum absolute atomic E-state index is 0.193. The van der Waals surface area contributed by atoms with Gasteiger partial charge in [-0.15, -0.1) is 0 Å². The van der Waals surface area contributed by atoms with E-state index in [2.05, 4.69) is 6.58 Å². The van der Waals surface area contributed by atoms with Crippen LogP contribution in [0.1, 0.15) is 5.56 Å². The van der Waals surface area contributed by atoms with Crippen molar-refractivity contribution in [2.24, 2.45) is 5.73 Å². The van der Waals surface area contributed by atoms with Crippen molar-refractivity contribution in [2.75, 3.05) is 13.7 Å². The first-order valence-corrected chi connectivity index (χ1v) is 4.86. The summed E-state index contributed by atoms with van der Waals surface area (Å²) in [6.45, 7) is 3.97. The lowest BCUT2D eigenvalue weighted by Crippen LogP contribution is -2.13. The minimum atomic E-state index is -0.373. The van der Waals surface area contributed by atoms with Gasteiger partial charge >= 0.3 is 0 Å². The van der Waals surface area contributed by atoms with E-state index in [9.17, 15) is 4.79 Å². The van der Waals surface area contributed by atoms with Crippen LogP contribution in [-0.2, 0) is 11.2 Å². The van der Waals surface area contributed by atoms with Crippen molar-refractivity contribution in [3.8, 4) is 11.5 Å². The Morgan fingerprint density at radius 2 is 2.25 bits per heavy atom. The average Bonchev–Trinajstić information content (AvgIpc) is 2.26. The molecule has 0 bridgehead atoms. The third-order valence-electron chi connectivity index (χ3n) is 1.96.